The van der Waals surface area contributed by atoms with Crippen LogP contribution in [0, 0.1) is 5.92 Å². The number of nitrogens with two attached hydrogens (primary N) is 1. The van der Waals surface area contributed by atoms with E-state index in [2.05, 4.69) is 5.32 Å². The van der Waals surface area contributed by atoms with Crippen molar-refractivity contribution in [3.8, 4) is 0 Å². The molecule has 0 aromatic carbocycles. The van der Waals surface area contributed by atoms with Gasteiger partial charge in [-0.15, -0.1) is 0 Å². The fourth-order valence-corrected chi connectivity index (χ4v) is 1.46. The maximum absolute atomic E-state index is 12.0. The van der Waals surface area contributed by atoms with Gasteiger partial charge in [-0.1, -0.05) is 13.8 Å². The fourth-order valence-electron chi connectivity index (χ4n) is 1.46. The summed E-state index contributed by atoms with van der Waals surface area (Å²) in [7, 11) is 0. The van der Waals surface area contributed by atoms with Crippen molar-refractivity contribution < 1.29 is 13.2 Å². The molecule has 15 heavy (non-hydrogen) atoms. The van der Waals surface area contributed by atoms with Crippen LogP contribution < -0.4 is 11.1 Å². The average molecular weight is 226 g/mol. The smallest absolute Gasteiger partial charge is 0.327 e. The van der Waals surface area contributed by atoms with Crippen molar-refractivity contribution in [2.24, 2.45) is 11.7 Å². The van der Waals surface area contributed by atoms with Crippen molar-refractivity contribution in [1.29, 1.82) is 0 Å². The first-order valence-electron chi connectivity index (χ1n) is 5.26. The minimum absolute atomic E-state index is 0.0688. The summed E-state index contributed by atoms with van der Waals surface area (Å²) in [5.74, 6) is 0.472. The summed E-state index contributed by atoms with van der Waals surface area (Å²) in [5.41, 5.74) is 5.74. The lowest BCUT2D eigenvalue weighted by Gasteiger charge is -2.19. The summed E-state index contributed by atoms with van der Waals surface area (Å²) < 4.78 is 35.9. The third-order valence-corrected chi connectivity index (χ3v) is 2.04. The highest BCUT2D eigenvalue weighted by Gasteiger charge is 2.29. The predicted octanol–water partition coefficient (Wildman–Crippen LogP) is 2.29. The van der Waals surface area contributed by atoms with Crippen molar-refractivity contribution in [2.45, 2.75) is 51.9 Å². The highest BCUT2D eigenvalue weighted by atomic mass is 19.4. The molecule has 0 saturated heterocycles. The van der Waals surface area contributed by atoms with Crippen LogP contribution in [0.15, 0.2) is 0 Å². The van der Waals surface area contributed by atoms with Crippen molar-refractivity contribution in [2.75, 3.05) is 6.54 Å². The molecule has 0 aliphatic rings. The van der Waals surface area contributed by atoms with Crippen molar-refractivity contribution >= 4 is 0 Å². The molecule has 0 heterocycles. The molecule has 0 amide bonds. The molecule has 5 heteroatoms. The van der Waals surface area contributed by atoms with E-state index in [1.165, 1.54) is 6.92 Å². The normalized spacial score (nSPS) is 16.8. The SMILES string of the molecule is CC(C)CC(N)CNC(C)CC(F)(F)F. The monoisotopic (exact) mass is 226 g/mol. The van der Waals surface area contributed by atoms with Crippen LogP contribution in [-0.2, 0) is 0 Å². The van der Waals surface area contributed by atoms with Gasteiger partial charge < -0.3 is 11.1 Å². The van der Waals surface area contributed by atoms with Crippen LogP contribution in [0.5, 0.6) is 0 Å². The molecule has 2 nitrogen and oxygen atoms in total. The molecule has 0 fully saturated rings. The summed E-state index contributed by atoms with van der Waals surface area (Å²) in [5, 5.41) is 2.80. The minimum atomic E-state index is -4.10. The fraction of sp³-hybridized carbons (Fsp3) is 1.00. The lowest BCUT2D eigenvalue weighted by Crippen LogP contribution is -2.40. The highest BCUT2D eigenvalue weighted by Crippen LogP contribution is 2.21. The number of hydrogen-bond donors (Lipinski definition) is 2. The second kappa shape index (κ2) is 6.33. The summed E-state index contributed by atoms with van der Waals surface area (Å²) in [6, 6.07) is -0.635. The molecular formula is C10H21F3N2. The Bertz CT molecular complexity index is 169. The van der Waals surface area contributed by atoms with Gasteiger partial charge in [0, 0.05) is 18.6 Å². The maximum Gasteiger partial charge on any atom is 0.390 e. The quantitative estimate of drug-likeness (QED) is 0.729. The molecule has 0 aliphatic heterocycles. The Morgan fingerprint density at radius 3 is 2.13 bits per heavy atom. The number of halogens is 3. The maximum atomic E-state index is 12.0. The van der Waals surface area contributed by atoms with E-state index in [0.717, 1.165) is 6.42 Å². The largest absolute Gasteiger partial charge is 0.390 e. The average Bonchev–Trinajstić information content (AvgIpc) is 1.96. The van der Waals surface area contributed by atoms with Gasteiger partial charge in [0.05, 0.1) is 6.42 Å². The van der Waals surface area contributed by atoms with Crippen LogP contribution in [-0.4, -0.2) is 24.8 Å². The number of alkyl halides is 3. The lowest BCUT2D eigenvalue weighted by molar-refractivity contribution is -0.139. The zero-order valence-corrected chi connectivity index (χ0v) is 9.56. The summed E-state index contributed by atoms with van der Waals surface area (Å²) >= 11 is 0. The van der Waals surface area contributed by atoms with Crippen LogP contribution in [0.3, 0.4) is 0 Å². The van der Waals surface area contributed by atoms with Crippen molar-refractivity contribution in [1.82, 2.24) is 5.32 Å². The Kier molecular flexibility index (Phi) is 6.20. The van der Waals surface area contributed by atoms with Crippen LogP contribution in [0.4, 0.5) is 13.2 Å². The van der Waals surface area contributed by atoms with E-state index in [0.29, 0.717) is 12.5 Å². The molecule has 0 radical (unpaired) electrons. The number of nitrogens with one attached hydrogen (secondary N) is 1. The first kappa shape index (κ1) is 14.7. The molecule has 0 spiro atoms. The molecule has 3 N–H and O–H groups in total. The van der Waals surface area contributed by atoms with E-state index in [1.54, 1.807) is 0 Å². The molecule has 0 bridgehead atoms. The van der Waals surface area contributed by atoms with E-state index in [1.807, 2.05) is 13.8 Å². The second-order valence-electron chi connectivity index (χ2n) is 4.52. The molecule has 2 atom stereocenters. The number of hydrogen-bond acceptors (Lipinski definition) is 2. The summed E-state index contributed by atoms with van der Waals surface area (Å²) in [6.45, 7) is 6.04. The van der Waals surface area contributed by atoms with Gasteiger partial charge in [-0.3, -0.25) is 0 Å². The first-order chi connectivity index (χ1) is 6.70. The summed E-state index contributed by atoms with van der Waals surface area (Å²) in [4.78, 5) is 0. The number of rotatable bonds is 6. The van der Waals surface area contributed by atoms with E-state index in [9.17, 15) is 13.2 Å². The Hall–Kier alpha value is -0.290. The van der Waals surface area contributed by atoms with Gasteiger partial charge in [-0.25, -0.2) is 0 Å². The minimum Gasteiger partial charge on any atom is -0.327 e. The molecule has 92 valence electrons. The van der Waals surface area contributed by atoms with Gasteiger partial charge in [0.1, 0.15) is 0 Å². The van der Waals surface area contributed by atoms with Crippen molar-refractivity contribution in [3.63, 3.8) is 0 Å². The molecule has 2 unspecified atom stereocenters. The Morgan fingerprint density at radius 2 is 1.73 bits per heavy atom. The molecule has 0 saturated carbocycles. The van der Waals surface area contributed by atoms with E-state index >= 15 is 0 Å². The van der Waals surface area contributed by atoms with Gasteiger partial charge in [-0.2, -0.15) is 13.2 Å². The second-order valence-corrected chi connectivity index (χ2v) is 4.52. The van der Waals surface area contributed by atoms with E-state index in [4.69, 9.17) is 5.73 Å². The molecule has 0 aromatic heterocycles. The Morgan fingerprint density at radius 1 is 1.20 bits per heavy atom. The highest BCUT2D eigenvalue weighted by molar-refractivity contribution is 4.71. The first-order valence-corrected chi connectivity index (χ1v) is 5.26. The van der Waals surface area contributed by atoms with Crippen LogP contribution in [0.25, 0.3) is 0 Å². The van der Waals surface area contributed by atoms with Gasteiger partial charge in [0.2, 0.25) is 0 Å². The molecule has 0 aromatic rings. The van der Waals surface area contributed by atoms with Crippen LogP contribution >= 0.6 is 0 Å². The van der Waals surface area contributed by atoms with Crippen LogP contribution in [0.1, 0.15) is 33.6 Å². The lowest BCUT2D eigenvalue weighted by atomic mass is 10.0. The Balaban J connectivity index is 3.66. The summed E-state index contributed by atoms with van der Waals surface area (Å²) in [6.07, 6.45) is -4.08. The van der Waals surface area contributed by atoms with E-state index < -0.39 is 18.6 Å². The van der Waals surface area contributed by atoms with E-state index in [-0.39, 0.29) is 6.04 Å². The standard InChI is InChI=1S/C10H21F3N2/c1-7(2)4-9(14)6-15-8(3)5-10(11,12)13/h7-9,15H,4-6,14H2,1-3H3. The molecule has 0 aliphatic carbocycles. The predicted molar refractivity (Wildman–Crippen MR) is 55.6 cm³/mol. The van der Waals surface area contributed by atoms with Gasteiger partial charge >= 0.3 is 6.18 Å². The molecule has 0 rings (SSSR count). The molecular weight excluding hydrogens is 205 g/mol. The third-order valence-electron chi connectivity index (χ3n) is 2.04. The Labute approximate surface area is 89.4 Å². The topological polar surface area (TPSA) is 38.0 Å². The van der Waals surface area contributed by atoms with Gasteiger partial charge in [0.15, 0.2) is 0 Å². The van der Waals surface area contributed by atoms with Gasteiger partial charge in [-0.05, 0) is 19.3 Å². The zero-order chi connectivity index (χ0) is 12.1. The third kappa shape index (κ3) is 10.0. The van der Waals surface area contributed by atoms with Crippen LogP contribution in [0.2, 0.25) is 0 Å². The van der Waals surface area contributed by atoms with Gasteiger partial charge in [0.25, 0.3) is 0 Å². The van der Waals surface area contributed by atoms with Crippen molar-refractivity contribution in [3.05, 3.63) is 0 Å². The zero-order valence-electron chi connectivity index (χ0n) is 9.56.